The number of methoxy groups -OCH3 is 1. The van der Waals surface area contributed by atoms with Gasteiger partial charge in [0, 0.05) is 35.4 Å². The lowest BCUT2D eigenvalue weighted by atomic mass is 10.1. The Morgan fingerprint density at radius 3 is 2.53 bits per heavy atom. The highest BCUT2D eigenvalue weighted by molar-refractivity contribution is 7.89. The first-order chi connectivity index (χ1) is 15.4. The van der Waals surface area contributed by atoms with Crippen molar-refractivity contribution in [1.29, 1.82) is 0 Å². The van der Waals surface area contributed by atoms with Crippen molar-refractivity contribution >= 4 is 33.2 Å². The number of carbonyl (C=O) groups excluding carboxylic acids is 1. The smallest absolute Gasteiger partial charge is 0.277 e. The molecule has 32 heavy (non-hydrogen) atoms. The molecule has 1 aliphatic heterocycles. The van der Waals surface area contributed by atoms with Gasteiger partial charge in [-0.3, -0.25) is 4.79 Å². The molecule has 0 atom stereocenters. The van der Waals surface area contributed by atoms with Crippen molar-refractivity contribution in [3.05, 3.63) is 59.2 Å². The summed E-state index contributed by atoms with van der Waals surface area (Å²) in [5, 5.41) is 7.03. The van der Waals surface area contributed by atoms with E-state index in [1.165, 1.54) is 29.6 Å². The van der Waals surface area contributed by atoms with E-state index in [0.717, 1.165) is 0 Å². The minimum Gasteiger partial charge on any atom is -0.495 e. The van der Waals surface area contributed by atoms with E-state index >= 15 is 0 Å². The number of sulfonamides is 1. The van der Waals surface area contributed by atoms with E-state index in [0.29, 0.717) is 29.6 Å². The van der Waals surface area contributed by atoms with E-state index in [1.807, 2.05) is 0 Å². The Morgan fingerprint density at radius 2 is 1.84 bits per heavy atom. The van der Waals surface area contributed by atoms with Crippen LogP contribution in [0.4, 0.5) is 5.69 Å². The summed E-state index contributed by atoms with van der Waals surface area (Å²) in [7, 11) is -2.44. The number of ether oxygens (including phenoxy) is 2. The van der Waals surface area contributed by atoms with Gasteiger partial charge in [-0.2, -0.15) is 4.31 Å². The predicted octanol–water partition coefficient (Wildman–Crippen LogP) is 3.28. The van der Waals surface area contributed by atoms with Gasteiger partial charge in [0.15, 0.2) is 11.5 Å². The molecule has 2 aromatic carbocycles. The standard InChI is InChI=1S/C21H20ClN3O6S/c1-29-18-7-6-16(12-20(18)32(27,28)25-8-10-30-11-9-25)23-21(26)17-13-19(31-24-17)14-2-4-15(22)5-3-14/h2-7,12-13H,8-11H2,1H3,(H,23,26). The van der Waals surface area contributed by atoms with Crippen LogP contribution in [0.5, 0.6) is 5.75 Å². The minimum atomic E-state index is -3.83. The number of aromatic nitrogens is 1. The fraction of sp³-hybridized carbons (Fsp3) is 0.238. The first-order valence-electron chi connectivity index (χ1n) is 9.68. The lowest BCUT2D eigenvalue weighted by Gasteiger charge is -2.26. The molecule has 0 bridgehead atoms. The number of nitrogens with zero attached hydrogens (tertiary/aromatic N) is 2. The Kier molecular flexibility index (Phi) is 6.47. The van der Waals surface area contributed by atoms with E-state index in [-0.39, 0.29) is 35.1 Å². The van der Waals surface area contributed by atoms with Crippen LogP contribution >= 0.6 is 11.6 Å². The maximum Gasteiger partial charge on any atom is 0.277 e. The van der Waals surface area contributed by atoms with E-state index in [1.54, 1.807) is 30.3 Å². The van der Waals surface area contributed by atoms with Gasteiger partial charge >= 0.3 is 0 Å². The average molecular weight is 478 g/mol. The molecule has 1 amide bonds. The van der Waals surface area contributed by atoms with E-state index < -0.39 is 15.9 Å². The molecule has 168 valence electrons. The molecule has 1 N–H and O–H groups in total. The van der Waals surface area contributed by atoms with Gasteiger partial charge in [0.1, 0.15) is 10.6 Å². The number of nitrogens with one attached hydrogen (secondary N) is 1. The molecule has 0 spiro atoms. The highest BCUT2D eigenvalue weighted by Crippen LogP contribution is 2.30. The van der Waals surface area contributed by atoms with E-state index in [9.17, 15) is 13.2 Å². The monoisotopic (exact) mass is 477 g/mol. The Labute approximate surface area is 189 Å². The van der Waals surface area contributed by atoms with Crippen LogP contribution in [0, 0.1) is 0 Å². The molecular weight excluding hydrogens is 458 g/mol. The summed E-state index contributed by atoms with van der Waals surface area (Å²) in [5.74, 6) is 0.0342. The number of carbonyl (C=O) groups is 1. The SMILES string of the molecule is COc1ccc(NC(=O)c2cc(-c3ccc(Cl)cc3)on2)cc1S(=O)(=O)N1CCOCC1. The number of rotatable bonds is 6. The zero-order chi connectivity index (χ0) is 22.7. The first-order valence-corrected chi connectivity index (χ1v) is 11.5. The molecule has 3 aromatic rings. The van der Waals surface area contributed by atoms with Gasteiger partial charge < -0.3 is 19.3 Å². The van der Waals surface area contributed by atoms with Crippen LogP contribution in [0.1, 0.15) is 10.5 Å². The summed E-state index contributed by atoms with van der Waals surface area (Å²) in [6.07, 6.45) is 0. The highest BCUT2D eigenvalue weighted by atomic mass is 35.5. The maximum absolute atomic E-state index is 13.1. The molecule has 1 saturated heterocycles. The highest BCUT2D eigenvalue weighted by Gasteiger charge is 2.29. The van der Waals surface area contributed by atoms with Crippen molar-refractivity contribution in [2.45, 2.75) is 4.90 Å². The fourth-order valence-corrected chi connectivity index (χ4v) is 4.93. The van der Waals surface area contributed by atoms with Gasteiger partial charge in [-0.1, -0.05) is 16.8 Å². The molecule has 9 nitrogen and oxygen atoms in total. The van der Waals surface area contributed by atoms with Crippen molar-refractivity contribution in [2.24, 2.45) is 0 Å². The molecule has 11 heteroatoms. The minimum absolute atomic E-state index is 0.0401. The quantitative estimate of drug-likeness (QED) is 0.580. The number of anilines is 1. The van der Waals surface area contributed by atoms with E-state index in [2.05, 4.69) is 10.5 Å². The fourth-order valence-electron chi connectivity index (χ4n) is 3.21. The summed E-state index contributed by atoms with van der Waals surface area (Å²) >= 11 is 5.89. The number of amides is 1. The third-order valence-electron chi connectivity index (χ3n) is 4.88. The number of benzene rings is 2. The van der Waals surface area contributed by atoms with Crippen LogP contribution in [0.3, 0.4) is 0 Å². The number of hydrogen-bond donors (Lipinski definition) is 1. The molecule has 0 unspecified atom stereocenters. The largest absolute Gasteiger partial charge is 0.495 e. The second kappa shape index (κ2) is 9.29. The molecule has 1 aromatic heterocycles. The van der Waals surface area contributed by atoms with Crippen molar-refractivity contribution in [3.8, 4) is 17.1 Å². The molecule has 1 aliphatic rings. The van der Waals surface area contributed by atoms with Crippen LogP contribution in [-0.2, 0) is 14.8 Å². The normalized spacial score (nSPS) is 14.8. The van der Waals surface area contributed by atoms with Gasteiger partial charge in [-0.25, -0.2) is 8.42 Å². The summed E-state index contributed by atoms with van der Waals surface area (Å²) < 4.78 is 43.3. The molecule has 0 radical (unpaired) electrons. The Balaban J connectivity index is 1.56. The van der Waals surface area contributed by atoms with Gasteiger partial charge in [0.25, 0.3) is 5.91 Å². The first kappa shape index (κ1) is 22.3. The number of morpholine rings is 1. The maximum atomic E-state index is 13.1. The average Bonchev–Trinajstić information content (AvgIpc) is 3.30. The molecule has 2 heterocycles. The third-order valence-corrected chi connectivity index (χ3v) is 7.05. The second-order valence-electron chi connectivity index (χ2n) is 6.92. The van der Waals surface area contributed by atoms with E-state index in [4.69, 9.17) is 25.6 Å². The Morgan fingerprint density at radius 1 is 1.12 bits per heavy atom. The molecule has 0 aliphatic carbocycles. The summed E-state index contributed by atoms with van der Waals surface area (Å²) in [6, 6.07) is 12.8. The van der Waals surface area contributed by atoms with Crippen LogP contribution in [0.15, 0.2) is 57.9 Å². The van der Waals surface area contributed by atoms with Crippen LogP contribution in [0.25, 0.3) is 11.3 Å². The van der Waals surface area contributed by atoms with Gasteiger partial charge in [-0.05, 0) is 42.5 Å². The number of hydrogen-bond acceptors (Lipinski definition) is 7. The lowest BCUT2D eigenvalue weighted by molar-refractivity contribution is 0.0729. The van der Waals surface area contributed by atoms with Gasteiger partial charge in [-0.15, -0.1) is 0 Å². The topological polar surface area (TPSA) is 111 Å². The molecule has 4 rings (SSSR count). The predicted molar refractivity (Wildman–Crippen MR) is 117 cm³/mol. The second-order valence-corrected chi connectivity index (χ2v) is 9.26. The van der Waals surface area contributed by atoms with Crippen LogP contribution < -0.4 is 10.1 Å². The van der Waals surface area contributed by atoms with Crippen LogP contribution in [0.2, 0.25) is 5.02 Å². The Bertz CT molecular complexity index is 1220. The van der Waals surface area contributed by atoms with Crippen molar-refractivity contribution in [1.82, 2.24) is 9.46 Å². The summed E-state index contributed by atoms with van der Waals surface area (Å²) in [5.41, 5.74) is 1.03. The third kappa shape index (κ3) is 4.63. The van der Waals surface area contributed by atoms with Crippen LogP contribution in [-0.4, -0.2) is 57.2 Å². The Hall–Kier alpha value is -2.92. The van der Waals surface area contributed by atoms with Crippen molar-refractivity contribution < 1.29 is 27.2 Å². The van der Waals surface area contributed by atoms with Crippen molar-refractivity contribution in [2.75, 3.05) is 38.7 Å². The van der Waals surface area contributed by atoms with Crippen molar-refractivity contribution in [3.63, 3.8) is 0 Å². The lowest BCUT2D eigenvalue weighted by Crippen LogP contribution is -2.40. The molecular formula is C21H20ClN3O6S. The summed E-state index contributed by atoms with van der Waals surface area (Å²) in [4.78, 5) is 12.6. The molecule has 0 saturated carbocycles. The van der Waals surface area contributed by atoms with Gasteiger partial charge in [0.05, 0.1) is 20.3 Å². The zero-order valence-electron chi connectivity index (χ0n) is 17.1. The summed E-state index contributed by atoms with van der Waals surface area (Å²) in [6.45, 7) is 1.13. The molecule has 1 fully saturated rings. The van der Waals surface area contributed by atoms with Gasteiger partial charge in [0.2, 0.25) is 10.0 Å². The number of halogens is 1. The zero-order valence-corrected chi connectivity index (χ0v) is 18.6.